The Hall–Kier alpha value is -0.560. The van der Waals surface area contributed by atoms with Crippen LogP contribution in [0, 0.1) is 0 Å². The quantitative estimate of drug-likeness (QED) is 0.0892. The molecule has 0 saturated carbocycles. The van der Waals surface area contributed by atoms with Crippen molar-refractivity contribution in [2.75, 3.05) is 179 Å². The summed E-state index contributed by atoms with van der Waals surface area (Å²) in [6.07, 6.45) is 3.20. The van der Waals surface area contributed by atoms with Crippen LogP contribution in [-0.2, 0) is 61.6 Å². The first-order chi connectivity index (χ1) is 22.3. The van der Waals surface area contributed by atoms with Crippen LogP contribution in [0.3, 0.4) is 0 Å². The monoisotopic (exact) mass is 657 g/mol. The van der Waals surface area contributed by atoms with Crippen molar-refractivity contribution in [3.05, 3.63) is 0 Å². The summed E-state index contributed by atoms with van der Waals surface area (Å²) >= 11 is 0. The zero-order chi connectivity index (χ0) is 32.1. The molecule has 1 heterocycles. The Kier molecular flexibility index (Phi) is 34.2. The molecule has 270 valence electrons. The van der Waals surface area contributed by atoms with E-state index in [4.69, 9.17) is 61.6 Å². The van der Waals surface area contributed by atoms with Gasteiger partial charge in [0.25, 0.3) is 0 Å². The maximum atomic E-state index is 5.61. The van der Waals surface area contributed by atoms with E-state index in [1.165, 1.54) is 6.42 Å². The molecule has 0 aromatic carbocycles. The van der Waals surface area contributed by atoms with Gasteiger partial charge in [-0.25, -0.2) is 0 Å². The van der Waals surface area contributed by atoms with E-state index in [0.29, 0.717) is 145 Å². The van der Waals surface area contributed by atoms with Gasteiger partial charge in [0.15, 0.2) is 6.29 Å². The van der Waals surface area contributed by atoms with E-state index in [1.807, 2.05) is 14.1 Å². The highest BCUT2D eigenvalue weighted by atomic mass is 16.7. The molecule has 0 bridgehead atoms. The summed E-state index contributed by atoms with van der Waals surface area (Å²) in [5, 5.41) is 0. The van der Waals surface area contributed by atoms with Gasteiger partial charge in [-0.1, -0.05) is 0 Å². The van der Waals surface area contributed by atoms with E-state index in [-0.39, 0.29) is 6.29 Å². The number of hydrogen-bond donors (Lipinski definition) is 0. The van der Waals surface area contributed by atoms with Crippen molar-refractivity contribution in [2.24, 2.45) is 0 Å². The number of nitrogens with zero attached hydrogens (tertiary/aromatic N) is 1. The fraction of sp³-hybridized carbons (Fsp3) is 1.00. The van der Waals surface area contributed by atoms with Gasteiger partial charge in [-0.3, -0.25) is 0 Å². The van der Waals surface area contributed by atoms with E-state index in [1.54, 1.807) is 0 Å². The molecule has 0 spiro atoms. The molecule has 0 aliphatic carbocycles. The standard InChI is InChI=1S/C31H63NO13/c1-32(2)6-8-33-9-10-34-11-12-35-13-14-36-15-16-37-17-18-38-19-20-39-21-22-40-23-24-41-25-26-42-27-28-43-29-30-45-31-5-3-4-7-44-31/h31H,3-30H2,1-2H3. The molecule has 0 aromatic rings. The molecule has 1 rings (SSSR count). The lowest BCUT2D eigenvalue weighted by Gasteiger charge is -2.22. The normalized spacial score (nSPS) is 15.4. The zero-order valence-corrected chi connectivity index (χ0v) is 28.1. The summed E-state index contributed by atoms with van der Waals surface area (Å²) in [6, 6.07) is 0. The summed E-state index contributed by atoms with van der Waals surface area (Å²) in [5.74, 6) is 0. The minimum absolute atomic E-state index is 0.0644. The smallest absolute Gasteiger partial charge is 0.157 e. The fourth-order valence-electron chi connectivity index (χ4n) is 3.63. The Balaban J connectivity index is 1.60. The highest BCUT2D eigenvalue weighted by Crippen LogP contribution is 2.13. The van der Waals surface area contributed by atoms with Gasteiger partial charge in [0.05, 0.1) is 152 Å². The molecule has 1 saturated heterocycles. The van der Waals surface area contributed by atoms with Gasteiger partial charge in [-0.15, -0.1) is 0 Å². The lowest BCUT2D eigenvalue weighted by Crippen LogP contribution is -2.24. The van der Waals surface area contributed by atoms with E-state index in [0.717, 1.165) is 32.6 Å². The number of ether oxygens (including phenoxy) is 13. The van der Waals surface area contributed by atoms with Crippen LogP contribution >= 0.6 is 0 Å². The second-order valence-corrected chi connectivity index (χ2v) is 10.2. The maximum absolute atomic E-state index is 5.61. The number of likely N-dealkylation sites (N-methyl/N-ethyl adjacent to an activating group) is 1. The van der Waals surface area contributed by atoms with E-state index >= 15 is 0 Å². The number of hydrogen-bond acceptors (Lipinski definition) is 14. The minimum Gasteiger partial charge on any atom is -0.378 e. The summed E-state index contributed by atoms with van der Waals surface area (Å²) in [6.45, 7) is 14.2. The van der Waals surface area contributed by atoms with Crippen LogP contribution in [0.1, 0.15) is 19.3 Å². The lowest BCUT2D eigenvalue weighted by molar-refractivity contribution is -0.169. The highest BCUT2D eigenvalue weighted by molar-refractivity contribution is 4.53. The molecule has 0 radical (unpaired) electrons. The third-order valence-electron chi connectivity index (χ3n) is 6.07. The molecule has 1 atom stereocenters. The molecule has 14 nitrogen and oxygen atoms in total. The van der Waals surface area contributed by atoms with Crippen LogP contribution in [-0.4, -0.2) is 190 Å². The average molecular weight is 658 g/mol. The van der Waals surface area contributed by atoms with Gasteiger partial charge in [0, 0.05) is 13.2 Å². The molecule has 0 N–H and O–H groups in total. The van der Waals surface area contributed by atoms with Crippen molar-refractivity contribution in [3.63, 3.8) is 0 Å². The molecule has 1 fully saturated rings. The van der Waals surface area contributed by atoms with Crippen molar-refractivity contribution in [2.45, 2.75) is 25.6 Å². The molecular weight excluding hydrogens is 594 g/mol. The topological polar surface area (TPSA) is 123 Å². The third-order valence-corrected chi connectivity index (χ3v) is 6.07. The van der Waals surface area contributed by atoms with Gasteiger partial charge in [0.1, 0.15) is 0 Å². The third kappa shape index (κ3) is 34.6. The summed E-state index contributed by atoms with van der Waals surface area (Å²) in [4.78, 5) is 2.08. The van der Waals surface area contributed by atoms with E-state index < -0.39 is 0 Å². The largest absolute Gasteiger partial charge is 0.378 e. The molecule has 45 heavy (non-hydrogen) atoms. The predicted octanol–water partition coefficient (Wildman–Crippen LogP) is 1.27. The van der Waals surface area contributed by atoms with Gasteiger partial charge in [-0.05, 0) is 33.4 Å². The summed E-state index contributed by atoms with van der Waals surface area (Å²) < 4.78 is 71.3. The Bertz CT molecular complexity index is 560. The lowest BCUT2D eigenvalue weighted by atomic mass is 10.2. The van der Waals surface area contributed by atoms with Gasteiger partial charge < -0.3 is 66.5 Å². The Morgan fingerprint density at radius 2 is 0.689 bits per heavy atom. The second-order valence-electron chi connectivity index (χ2n) is 10.2. The van der Waals surface area contributed by atoms with Crippen molar-refractivity contribution >= 4 is 0 Å². The van der Waals surface area contributed by atoms with Crippen molar-refractivity contribution in [1.29, 1.82) is 0 Å². The van der Waals surface area contributed by atoms with E-state index in [9.17, 15) is 0 Å². The Morgan fingerprint density at radius 3 is 0.956 bits per heavy atom. The molecule has 0 amide bonds. The molecular formula is C31H63NO13. The first kappa shape index (κ1) is 42.5. The molecule has 1 aliphatic heterocycles. The Morgan fingerprint density at radius 1 is 0.400 bits per heavy atom. The van der Waals surface area contributed by atoms with Crippen LogP contribution in [0.5, 0.6) is 0 Å². The van der Waals surface area contributed by atoms with Crippen LogP contribution in [0.15, 0.2) is 0 Å². The van der Waals surface area contributed by atoms with Crippen molar-refractivity contribution in [3.8, 4) is 0 Å². The number of rotatable bonds is 37. The minimum atomic E-state index is -0.0644. The molecule has 0 aromatic heterocycles. The average Bonchev–Trinajstić information content (AvgIpc) is 3.05. The maximum Gasteiger partial charge on any atom is 0.157 e. The highest BCUT2D eigenvalue weighted by Gasteiger charge is 2.13. The second kappa shape index (κ2) is 36.3. The van der Waals surface area contributed by atoms with Crippen LogP contribution < -0.4 is 0 Å². The first-order valence-corrected chi connectivity index (χ1v) is 16.5. The first-order valence-electron chi connectivity index (χ1n) is 16.5. The van der Waals surface area contributed by atoms with E-state index in [2.05, 4.69) is 4.90 Å². The van der Waals surface area contributed by atoms with Gasteiger partial charge >= 0.3 is 0 Å². The molecule has 1 unspecified atom stereocenters. The van der Waals surface area contributed by atoms with Crippen molar-refractivity contribution < 1.29 is 61.6 Å². The van der Waals surface area contributed by atoms with Crippen LogP contribution in [0.2, 0.25) is 0 Å². The van der Waals surface area contributed by atoms with Gasteiger partial charge in [0.2, 0.25) is 0 Å². The summed E-state index contributed by atoms with van der Waals surface area (Å²) in [5.41, 5.74) is 0. The van der Waals surface area contributed by atoms with Crippen LogP contribution in [0.25, 0.3) is 0 Å². The van der Waals surface area contributed by atoms with Crippen molar-refractivity contribution in [1.82, 2.24) is 4.90 Å². The SMILES string of the molecule is CN(C)CCOCCOCCOCCOCCOCCOCCOCCOCCOCCOCCOCCOC1CCCCO1. The van der Waals surface area contributed by atoms with Crippen LogP contribution in [0.4, 0.5) is 0 Å². The molecule has 14 heteroatoms. The zero-order valence-electron chi connectivity index (χ0n) is 28.1. The van der Waals surface area contributed by atoms with Gasteiger partial charge in [-0.2, -0.15) is 0 Å². The summed E-state index contributed by atoms with van der Waals surface area (Å²) in [7, 11) is 4.04. The molecule has 1 aliphatic rings. The Labute approximate surface area is 271 Å². The fourth-order valence-corrected chi connectivity index (χ4v) is 3.63. The predicted molar refractivity (Wildman–Crippen MR) is 167 cm³/mol.